The maximum atomic E-state index is 5.39. The highest BCUT2D eigenvalue weighted by atomic mass is 35.5. The van der Waals surface area contributed by atoms with Gasteiger partial charge in [-0.2, -0.15) is 3.94 Å². The minimum Gasteiger partial charge on any atom is -0.194 e. The fraction of sp³-hybridized carbons (Fsp3) is 0. The molecule has 0 unspecified atom stereocenters. The fourth-order valence-electron chi connectivity index (χ4n) is 0.491. The number of anilines is 1. The Hall–Kier alpha value is -0.400. The molecule has 0 aromatic heterocycles. The summed E-state index contributed by atoms with van der Waals surface area (Å²) in [7, 11) is 0. The summed E-state index contributed by atoms with van der Waals surface area (Å²) >= 11 is 10.8. The lowest BCUT2D eigenvalue weighted by Crippen LogP contribution is -1.89. The molecule has 0 heterocycles. The minimum absolute atomic E-state index is 0.747. The third-order valence-corrected chi connectivity index (χ3v) is 1.29. The van der Waals surface area contributed by atoms with Gasteiger partial charge in [0.25, 0.3) is 0 Å². The van der Waals surface area contributed by atoms with Crippen molar-refractivity contribution in [1.29, 1.82) is 0 Å². The Morgan fingerprint density at radius 3 is 2.11 bits per heavy atom. The number of nitrogens with zero attached hydrogens (tertiary/aromatic N) is 1. The van der Waals surface area contributed by atoms with Gasteiger partial charge in [-0.05, 0) is 18.2 Å². The van der Waals surface area contributed by atoms with Crippen LogP contribution in [0, 0.1) is 6.07 Å². The molecule has 0 fully saturated rings. The van der Waals surface area contributed by atoms with E-state index in [4.69, 9.17) is 23.6 Å². The van der Waals surface area contributed by atoms with Gasteiger partial charge < -0.3 is 0 Å². The van der Waals surface area contributed by atoms with E-state index in [1.54, 1.807) is 24.3 Å². The second-order valence-electron chi connectivity index (χ2n) is 1.49. The van der Waals surface area contributed by atoms with Crippen LogP contribution >= 0.6 is 23.6 Å². The first-order chi connectivity index (χ1) is 4.30. The molecule has 0 saturated carbocycles. The van der Waals surface area contributed by atoms with Crippen LogP contribution in [0.1, 0.15) is 0 Å². The van der Waals surface area contributed by atoms with Gasteiger partial charge in [0, 0.05) is 23.6 Å². The second kappa shape index (κ2) is 2.95. The summed E-state index contributed by atoms with van der Waals surface area (Å²) in [6.07, 6.45) is 0. The average molecular weight is 161 g/mol. The van der Waals surface area contributed by atoms with Gasteiger partial charge in [0.05, 0.1) is 5.69 Å². The molecule has 0 spiro atoms. The number of halogens is 2. The van der Waals surface area contributed by atoms with Crippen molar-refractivity contribution in [2.24, 2.45) is 0 Å². The van der Waals surface area contributed by atoms with Crippen molar-refractivity contribution in [1.82, 2.24) is 0 Å². The van der Waals surface area contributed by atoms with Crippen LogP contribution in [0.5, 0.6) is 0 Å². The first kappa shape index (κ1) is 6.72. The summed E-state index contributed by atoms with van der Waals surface area (Å²) in [5.41, 5.74) is 0.747. The Balaban J connectivity index is 2.85. The molecule has 1 aromatic carbocycles. The van der Waals surface area contributed by atoms with E-state index >= 15 is 0 Å². The highest BCUT2D eigenvalue weighted by Gasteiger charge is 1.93. The number of hydrogen-bond acceptors (Lipinski definition) is 1. The third kappa shape index (κ3) is 1.77. The predicted octanol–water partition coefficient (Wildman–Crippen LogP) is 2.60. The summed E-state index contributed by atoms with van der Waals surface area (Å²) in [4.78, 5) is 0. The zero-order valence-electron chi connectivity index (χ0n) is 4.51. The van der Waals surface area contributed by atoms with E-state index in [-0.39, 0.29) is 0 Å². The standard InChI is InChI=1S/C6H4Cl2N/c7-9(8)6-4-2-1-3-5-6/h2-5H. The number of rotatable bonds is 1. The Morgan fingerprint density at radius 1 is 1.22 bits per heavy atom. The van der Waals surface area contributed by atoms with Crippen molar-refractivity contribution >= 4 is 29.2 Å². The van der Waals surface area contributed by atoms with Gasteiger partial charge in [0.1, 0.15) is 0 Å². The van der Waals surface area contributed by atoms with Crippen molar-refractivity contribution in [2.75, 3.05) is 3.94 Å². The van der Waals surface area contributed by atoms with Gasteiger partial charge in [-0.25, -0.2) is 0 Å². The number of hydrogen-bond donors (Lipinski definition) is 0. The Bertz CT molecular complexity index is 174. The van der Waals surface area contributed by atoms with Crippen LogP contribution in [-0.4, -0.2) is 0 Å². The van der Waals surface area contributed by atoms with E-state index in [9.17, 15) is 0 Å². The molecular formula is C6H4Cl2N. The molecule has 1 radical (unpaired) electrons. The fourth-order valence-corrected chi connectivity index (χ4v) is 0.716. The molecule has 0 aliphatic carbocycles. The lowest BCUT2D eigenvalue weighted by molar-refractivity contribution is 1.57. The highest BCUT2D eigenvalue weighted by Crippen LogP contribution is 2.16. The zero-order chi connectivity index (χ0) is 6.69. The average Bonchev–Trinajstić information content (AvgIpc) is 1.90. The summed E-state index contributed by atoms with van der Waals surface area (Å²) in [6, 6.07) is 9.86. The SMILES string of the molecule is ClN(Cl)c1cc[c]cc1. The quantitative estimate of drug-likeness (QED) is 0.572. The van der Waals surface area contributed by atoms with Gasteiger partial charge in [0.2, 0.25) is 0 Å². The lowest BCUT2D eigenvalue weighted by Gasteiger charge is -2.02. The van der Waals surface area contributed by atoms with E-state index in [2.05, 4.69) is 6.07 Å². The molecule has 1 nitrogen and oxygen atoms in total. The molecule has 0 saturated heterocycles. The van der Waals surface area contributed by atoms with Crippen LogP contribution in [0.4, 0.5) is 5.69 Å². The van der Waals surface area contributed by atoms with Crippen molar-refractivity contribution in [3.63, 3.8) is 0 Å². The zero-order valence-corrected chi connectivity index (χ0v) is 6.02. The first-order valence-electron chi connectivity index (χ1n) is 2.38. The topological polar surface area (TPSA) is 3.24 Å². The Kier molecular flexibility index (Phi) is 2.20. The van der Waals surface area contributed by atoms with E-state index in [1.165, 1.54) is 0 Å². The molecule has 1 rings (SSSR count). The van der Waals surface area contributed by atoms with Gasteiger partial charge in [-0.15, -0.1) is 0 Å². The monoisotopic (exact) mass is 160 g/mol. The molecule has 0 amide bonds. The van der Waals surface area contributed by atoms with Gasteiger partial charge in [-0.1, -0.05) is 12.1 Å². The maximum absolute atomic E-state index is 5.39. The Morgan fingerprint density at radius 2 is 1.78 bits per heavy atom. The molecule has 3 heteroatoms. The molecule has 0 aliphatic heterocycles. The molecule has 9 heavy (non-hydrogen) atoms. The third-order valence-electron chi connectivity index (χ3n) is 0.896. The summed E-state index contributed by atoms with van der Waals surface area (Å²) in [5.74, 6) is 0. The molecule has 0 atom stereocenters. The molecule has 0 bridgehead atoms. The van der Waals surface area contributed by atoms with Crippen LogP contribution < -0.4 is 3.94 Å². The van der Waals surface area contributed by atoms with Crippen LogP contribution in [0.3, 0.4) is 0 Å². The van der Waals surface area contributed by atoms with E-state index in [0.29, 0.717) is 0 Å². The van der Waals surface area contributed by atoms with Crippen molar-refractivity contribution < 1.29 is 0 Å². The smallest absolute Gasteiger partial charge is 0.0710 e. The number of benzene rings is 1. The molecule has 1 aromatic rings. The van der Waals surface area contributed by atoms with E-state index in [0.717, 1.165) is 9.63 Å². The molecule has 0 aliphatic rings. The van der Waals surface area contributed by atoms with Crippen LogP contribution in [0.15, 0.2) is 24.3 Å². The van der Waals surface area contributed by atoms with Crippen LogP contribution in [-0.2, 0) is 0 Å². The van der Waals surface area contributed by atoms with E-state index < -0.39 is 0 Å². The summed E-state index contributed by atoms with van der Waals surface area (Å²) in [5, 5.41) is 0. The summed E-state index contributed by atoms with van der Waals surface area (Å²) < 4.78 is 1.01. The molecule has 0 N–H and O–H groups in total. The van der Waals surface area contributed by atoms with Gasteiger partial charge in [-0.3, -0.25) is 0 Å². The van der Waals surface area contributed by atoms with Gasteiger partial charge >= 0.3 is 0 Å². The van der Waals surface area contributed by atoms with Gasteiger partial charge in [0.15, 0.2) is 0 Å². The van der Waals surface area contributed by atoms with Crippen molar-refractivity contribution in [3.8, 4) is 0 Å². The molecule has 47 valence electrons. The van der Waals surface area contributed by atoms with E-state index in [1.807, 2.05) is 0 Å². The normalized spacial score (nSPS) is 9.11. The summed E-state index contributed by atoms with van der Waals surface area (Å²) in [6.45, 7) is 0. The van der Waals surface area contributed by atoms with Crippen molar-refractivity contribution in [2.45, 2.75) is 0 Å². The minimum atomic E-state index is 0.747. The second-order valence-corrected chi connectivity index (χ2v) is 2.34. The van der Waals surface area contributed by atoms with Crippen LogP contribution in [0.2, 0.25) is 0 Å². The van der Waals surface area contributed by atoms with Crippen molar-refractivity contribution in [3.05, 3.63) is 30.3 Å². The predicted molar refractivity (Wildman–Crippen MR) is 39.5 cm³/mol. The largest absolute Gasteiger partial charge is 0.194 e. The lowest BCUT2D eigenvalue weighted by atomic mass is 10.3. The Labute approximate surface area is 64.0 Å². The first-order valence-corrected chi connectivity index (χ1v) is 3.06. The maximum Gasteiger partial charge on any atom is 0.0710 e. The van der Waals surface area contributed by atoms with Crippen LogP contribution in [0.25, 0.3) is 0 Å². The molecular weight excluding hydrogens is 157 g/mol. The highest BCUT2D eigenvalue weighted by molar-refractivity contribution is 6.49.